The van der Waals surface area contributed by atoms with Gasteiger partial charge in [-0.15, -0.1) is 0 Å². The minimum Gasteiger partial charge on any atom is -0.385 e. The summed E-state index contributed by atoms with van der Waals surface area (Å²) in [7, 11) is 0. The Balaban J connectivity index is 2.43. The number of amides is 2. The summed E-state index contributed by atoms with van der Waals surface area (Å²) in [5.41, 5.74) is 6.19. The van der Waals surface area contributed by atoms with E-state index < -0.39 is 0 Å². The second-order valence-electron chi connectivity index (χ2n) is 7.82. The van der Waals surface area contributed by atoms with Crippen molar-refractivity contribution >= 4 is 11.9 Å². The fraction of sp³-hybridized carbons (Fsp3) is 0.867. The molecule has 2 N–H and O–H groups in total. The highest BCUT2D eigenvalue weighted by molar-refractivity contribution is 6.06. The van der Waals surface area contributed by atoms with Crippen molar-refractivity contribution in [1.82, 2.24) is 4.90 Å². The number of nitrogens with two attached hydrogens (primary N) is 1. The van der Waals surface area contributed by atoms with Gasteiger partial charge in [0.1, 0.15) is 11.4 Å². The Kier molecular flexibility index (Phi) is 3.19. The van der Waals surface area contributed by atoms with Crippen LogP contribution in [0.2, 0.25) is 0 Å². The maximum atomic E-state index is 12.1. The first-order valence-electron chi connectivity index (χ1n) is 7.28. The minimum atomic E-state index is -0.349. The molecular weight excluding hydrogens is 238 g/mol. The number of hydrogen-bond donors (Lipinski definition) is 1. The average Bonchev–Trinajstić information content (AvgIpc) is 2.38. The first kappa shape index (κ1) is 14.4. The molecule has 1 fully saturated rings. The Morgan fingerprint density at radius 3 is 2.16 bits per heavy atom. The molecule has 2 aliphatic rings. The molecule has 1 heterocycles. The van der Waals surface area contributed by atoms with Crippen molar-refractivity contribution < 1.29 is 4.79 Å². The Morgan fingerprint density at radius 2 is 1.68 bits per heavy atom. The number of amidine groups is 1. The SMILES string of the molecule is CCCN1C(=O)N=C(N)C12CC(C)(C)CC(C)(C)C2. The summed E-state index contributed by atoms with van der Waals surface area (Å²) in [6.45, 7) is 11.9. The number of carbonyl (C=O) groups excluding carboxylic acids is 1. The lowest BCUT2D eigenvalue weighted by Gasteiger charge is -2.53. The smallest absolute Gasteiger partial charge is 0.346 e. The molecule has 1 spiro atoms. The van der Waals surface area contributed by atoms with Gasteiger partial charge in [0.05, 0.1) is 0 Å². The molecule has 1 aliphatic carbocycles. The third kappa shape index (κ3) is 2.37. The predicted octanol–water partition coefficient (Wildman–Crippen LogP) is 3.16. The van der Waals surface area contributed by atoms with E-state index in [1.807, 2.05) is 4.90 Å². The molecule has 0 unspecified atom stereocenters. The summed E-state index contributed by atoms with van der Waals surface area (Å²) in [5.74, 6) is 0.534. The molecule has 0 aromatic rings. The molecule has 1 aliphatic heterocycles. The lowest BCUT2D eigenvalue weighted by atomic mass is 9.57. The Bertz CT molecular complexity index is 407. The van der Waals surface area contributed by atoms with Crippen LogP contribution in [0.1, 0.15) is 60.3 Å². The summed E-state index contributed by atoms with van der Waals surface area (Å²) in [5, 5.41) is 0. The van der Waals surface area contributed by atoms with Gasteiger partial charge in [-0.1, -0.05) is 34.6 Å². The van der Waals surface area contributed by atoms with Crippen LogP contribution in [0.15, 0.2) is 4.99 Å². The highest BCUT2D eigenvalue weighted by Gasteiger charge is 2.56. The number of carbonyl (C=O) groups is 1. The molecule has 4 heteroatoms. The van der Waals surface area contributed by atoms with E-state index in [-0.39, 0.29) is 22.4 Å². The largest absolute Gasteiger partial charge is 0.385 e. The van der Waals surface area contributed by atoms with Crippen molar-refractivity contribution in [3.63, 3.8) is 0 Å². The quantitative estimate of drug-likeness (QED) is 0.833. The van der Waals surface area contributed by atoms with Crippen LogP contribution in [0.25, 0.3) is 0 Å². The van der Waals surface area contributed by atoms with Crippen molar-refractivity contribution in [2.24, 2.45) is 21.6 Å². The fourth-order valence-electron chi connectivity index (χ4n) is 4.56. The second-order valence-corrected chi connectivity index (χ2v) is 7.82. The third-order valence-corrected chi connectivity index (χ3v) is 4.39. The number of rotatable bonds is 2. The van der Waals surface area contributed by atoms with Gasteiger partial charge in [0.25, 0.3) is 0 Å². The van der Waals surface area contributed by atoms with Gasteiger partial charge < -0.3 is 10.6 Å². The van der Waals surface area contributed by atoms with Gasteiger partial charge in [0.15, 0.2) is 0 Å². The van der Waals surface area contributed by atoms with E-state index in [4.69, 9.17) is 5.73 Å². The van der Waals surface area contributed by atoms with Gasteiger partial charge in [-0.05, 0) is 36.5 Å². The number of urea groups is 1. The first-order valence-corrected chi connectivity index (χ1v) is 7.28. The Morgan fingerprint density at radius 1 is 1.16 bits per heavy atom. The summed E-state index contributed by atoms with van der Waals surface area (Å²) in [4.78, 5) is 18.1. The van der Waals surface area contributed by atoms with Crippen LogP contribution in [-0.4, -0.2) is 28.9 Å². The van der Waals surface area contributed by atoms with E-state index in [0.29, 0.717) is 5.84 Å². The summed E-state index contributed by atoms with van der Waals surface area (Å²) in [6, 6.07) is -0.146. The monoisotopic (exact) mass is 265 g/mol. The van der Waals surface area contributed by atoms with Crippen LogP contribution in [0.3, 0.4) is 0 Å². The third-order valence-electron chi connectivity index (χ3n) is 4.39. The first-order chi connectivity index (χ1) is 8.62. The zero-order valence-corrected chi connectivity index (χ0v) is 12.9. The van der Waals surface area contributed by atoms with E-state index in [0.717, 1.165) is 32.2 Å². The van der Waals surface area contributed by atoms with Crippen LogP contribution >= 0.6 is 0 Å². The molecule has 0 bridgehead atoms. The van der Waals surface area contributed by atoms with E-state index in [2.05, 4.69) is 39.6 Å². The fourth-order valence-corrected chi connectivity index (χ4v) is 4.56. The number of hydrogen-bond acceptors (Lipinski definition) is 2. The van der Waals surface area contributed by atoms with Gasteiger partial charge in [0.2, 0.25) is 0 Å². The molecule has 2 rings (SSSR count). The molecule has 1 saturated carbocycles. The topological polar surface area (TPSA) is 58.7 Å². The van der Waals surface area contributed by atoms with Crippen molar-refractivity contribution in [3.8, 4) is 0 Å². The van der Waals surface area contributed by atoms with E-state index >= 15 is 0 Å². The van der Waals surface area contributed by atoms with Gasteiger partial charge in [-0.25, -0.2) is 4.79 Å². The summed E-state index contributed by atoms with van der Waals surface area (Å²) < 4.78 is 0. The molecule has 108 valence electrons. The molecule has 0 radical (unpaired) electrons. The van der Waals surface area contributed by atoms with E-state index in [9.17, 15) is 4.79 Å². The van der Waals surface area contributed by atoms with Crippen LogP contribution < -0.4 is 5.73 Å². The highest BCUT2D eigenvalue weighted by Crippen LogP contribution is 2.53. The van der Waals surface area contributed by atoms with E-state index in [1.165, 1.54) is 0 Å². The minimum absolute atomic E-state index is 0.146. The van der Waals surface area contributed by atoms with Crippen molar-refractivity contribution in [2.45, 2.75) is 65.8 Å². The van der Waals surface area contributed by atoms with E-state index in [1.54, 1.807) is 0 Å². The standard InChI is InChI=1S/C15H27N3O/c1-6-7-18-12(19)17-11(16)15(18)9-13(2,3)8-14(4,5)10-15/h6-10H2,1-5H3,(H2,16,17,19). The van der Waals surface area contributed by atoms with Gasteiger partial charge in [-0.3, -0.25) is 0 Å². The number of aliphatic imine (C=N–C) groups is 1. The zero-order chi connectivity index (χ0) is 14.5. The lowest BCUT2D eigenvalue weighted by Crippen LogP contribution is -2.61. The lowest BCUT2D eigenvalue weighted by molar-refractivity contribution is 0.0161. The summed E-state index contributed by atoms with van der Waals surface area (Å²) in [6.07, 6.45) is 3.94. The Hall–Kier alpha value is -1.06. The van der Waals surface area contributed by atoms with Crippen LogP contribution in [0.5, 0.6) is 0 Å². The Labute approximate surface area is 116 Å². The summed E-state index contributed by atoms with van der Waals surface area (Å²) >= 11 is 0. The molecule has 4 nitrogen and oxygen atoms in total. The maximum Gasteiger partial charge on any atom is 0.346 e. The van der Waals surface area contributed by atoms with Crippen LogP contribution in [0.4, 0.5) is 4.79 Å². The predicted molar refractivity (Wildman–Crippen MR) is 78.2 cm³/mol. The average molecular weight is 265 g/mol. The molecule has 2 amide bonds. The molecule has 19 heavy (non-hydrogen) atoms. The van der Waals surface area contributed by atoms with Gasteiger partial charge in [0, 0.05) is 6.54 Å². The zero-order valence-electron chi connectivity index (χ0n) is 12.9. The van der Waals surface area contributed by atoms with Gasteiger partial charge in [-0.2, -0.15) is 4.99 Å². The van der Waals surface area contributed by atoms with Crippen molar-refractivity contribution in [2.75, 3.05) is 6.54 Å². The molecular formula is C15H27N3O. The molecule has 0 atom stereocenters. The highest BCUT2D eigenvalue weighted by atomic mass is 16.2. The molecule has 0 saturated heterocycles. The maximum absolute atomic E-state index is 12.1. The van der Waals surface area contributed by atoms with Gasteiger partial charge >= 0.3 is 6.03 Å². The molecule has 0 aromatic carbocycles. The van der Waals surface area contributed by atoms with Crippen LogP contribution in [-0.2, 0) is 0 Å². The second kappa shape index (κ2) is 4.22. The van der Waals surface area contributed by atoms with Crippen molar-refractivity contribution in [3.05, 3.63) is 0 Å². The van der Waals surface area contributed by atoms with Crippen LogP contribution in [0, 0.1) is 10.8 Å². The molecule has 0 aromatic heterocycles. The van der Waals surface area contributed by atoms with Crippen molar-refractivity contribution in [1.29, 1.82) is 0 Å². The normalized spacial score (nSPS) is 27.7. The number of nitrogens with zero attached hydrogens (tertiary/aromatic N) is 2.